The summed E-state index contributed by atoms with van der Waals surface area (Å²) in [6, 6.07) is 0. The van der Waals surface area contributed by atoms with Gasteiger partial charge in [-0.15, -0.1) is 16.5 Å². The van der Waals surface area contributed by atoms with Crippen molar-refractivity contribution in [2.75, 3.05) is 12.4 Å². The van der Waals surface area contributed by atoms with E-state index in [4.69, 9.17) is 11.6 Å². The number of rotatable bonds is 4. The molecule has 0 aliphatic carbocycles. The minimum atomic E-state index is -0.296. The highest BCUT2D eigenvalue weighted by Gasteiger charge is 2.09. The fraction of sp³-hybridized carbons (Fsp3) is 0.800. The summed E-state index contributed by atoms with van der Waals surface area (Å²) in [5.41, 5.74) is 0. The molecule has 0 saturated carbocycles. The number of carbonyl (C=O) groups excluding carboxylic acids is 1. The number of amides is 1. The van der Waals surface area contributed by atoms with Gasteiger partial charge in [0.2, 0.25) is 5.91 Å². The summed E-state index contributed by atoms with van der Waals surface area (Å²) in [6.45, 7) is 1.85. The van der Waals surface area contributed by atoms with E-state index in [0.29, 0.717) is 0 Å². The van der Waals surface area contributed by atoms with E-state index < -0.39 is 0 Å². The van der Waals surface area contributed by atoms with E-state index >= 15 is 0 Å². The predicted molar refractivity (Wildman–Crippen MR) is 38.5 cm³/mol. The lowest BCUT2D eigenvalue weighted by Gasteiger charge is -2.08. The topological polar surface area (TPSA) is 49.7 Å². The fourth-order valence-corrected chi connectivity index (χ4v) is 0.634. The Labute approximate surface area is 64.1 Å². The normalized spacial score (nSPS) is 9.00. The van der Waals surface area contributed by atoms with Crippen molar-refractivity contribution < 1.29 is 4.79 Å². The lowest BCUT2D eigenvalue weighted by atomic mass is 10.4. The van der Waals surface area contributed by atoms with Gasteiger partial charge in [-0.3, -0.25) is 4.79 Å². The van der Waals surface area contributed by atoms with Crippen LogP contribution in [-0.2, 0) is 4.79 Å². The molecule has 0 unspecified atom stereocenters. The van der Waals surface area contributed by atoms with Gasteiger partial charge in [-0.25, -0.2) is 0 Å². The van der Waals surface area contributed by atoms with Crippen LogP contribution in [0.5, 0.6) is 0 Å². The Morgan fingerprint density at radius 1 is 1.70 bits per heavy atom. The lowest BCUT2D eigenvalue weighted by molar-refractivity contribution is -0.130. The highest BCUT2D eigenvalue weighted by atomic mass is 35.5. The first kappa shape index (κ1) is 9.36. The molecule has 0 spiro atoms. The summed E-state index contributed by atoms with van der Waals surface area (Å²) in [5, 5.41) is 3.32. The van der Waals surface area contributed by atoms with Crippen LogP contribution in [0.1, 0.15) is 13.3 Å². The quantitative estimate of drug-likeness (QED) is 0.356. The molecule has 1 amide bonds. The average Bonchev–Trinajstić information content (AvgIpc) is 1.99. The minimum absolute atomic E-state index is 0.192. The van der Waals surface area contributed by atoms with Crippen LogP contribution < -0.4 is 0 Å². The Morgan fingerprint density at radius 2 is 2.30 bits per heavy atom. The van der Waals surface area contributed by atoms with Crippen molar-refractivity contribution in [3.8, 4) is 0 Å². The third kappa shape index (κ3) is 2.77. The number of nitroso groups, excluding NO2 is 1. The Bertz CT molecular complexity index is 129. The van der Waals surface area contributed by atoms with Crippen molar-refractivity contribution in [2.45, 2.75) is 13.3 Å². The van der Waals surface area contributed by atoms with E-state index in [1.54, 1.807) is 6.92 Å². The second-order valence-electron chi connectivity index (χ2n) is 1.64. The van der Waals surface area contributed by atoms with E-state index in [9.17, 15) is 9.70 Å². The van der Waals surface area contributed by atoms with Crippen molar-refractivity contribution in [1.29, 1.82) is 0 Å². The zero-order valence-corrected chi connectivity index (χ0v) is 6.47. The third-order valence-electron chi connectivity index (χ3n) is 0.985. The Kier molecular flexibility index (Phi) is 4.84. The number of hydrogen-bond acceptors (Lipinski definition) is 3. The van der Waals surface area contributed by atoms with Crippen LogP contribution >= 0.6 is 11.6 Å². The van der Waals surface area contributed by atoms with Gasteiger partial charge < -0.3 is 0 Å². The number of halogens is 1. The van der Waals surface area contributed by atoms with Crippen LogP contribution in [0.2, 0.25) is 0 Å². The third-order valence-corrected chi connectivity index (χ3v) is 1.15. The standard InChI is InChI=1S/C5H9ClN2O2/c1-2-5(9)8(7-10)4-3-6/h2-4H2,1H3. The molecule has 0 rings (SSSR count). The van der Waals surface area contributed by atoms with E-state index in [-0.39, 0.29) is 24.8 Å². The Morgan fingerprint density at radius 3 is 2.60 bits per heavy atom. The van der Waals surface area contributed by atoms with Gasteiger partial charge in [0.05, 0.1) is 11.8 Å². The van der Waals surface area contributed by atoms with Crippen LogP contribution in [-0.4, -0.2) is 23.3 Å². The predicted octanol–water partition coefficient (Wildman–Crippen LogP) is 1.15. The zero-order valence-electron chi connectivity index (χ0n) is 5.71. The highest BCUT2D eigenvalue weighted by Crippen LogP contribution is 1.94. The van der Waals surface area contributed by atoms with Gasteiger partial charge in [-0.1, -0.05) is 6.92 Å². The molecule has 0 N–H and O–H groups in total. The summed E-state index contributed by atoms with van der Waals surface area (Å²) in [5.74, 6) is -0.0621. The molecule has 0 saturated heterocycles. The second-order valence-corrected chi connectivity index (χ2v) is 2.02. The molecule has 0 heterocycles. The maximum Gasteiger partial charge on any atom is 0.244 e. The first-order valence-corrected chi connectivity index (χ1v) is 3.49. The van der Waals surface area contributed by atoms with Crippen molar-refractivity contribution in [3.05, 3.63) is 4.91 Å². The van der Waals surface area contributed by atoms with E-state index in [1.165, 1.54) is 0 Å². The lowest BCUT2D eigenvalue weighted by Crippen LogP contribution is -2.26. The number of alkyl halides is 1. The maximum absolute atomic E-state index is 10.7. The molecule has 0 aromatic carbocycles. The van der Waals surface area contributed by atoms with Crippen LogP contribution in [0.15, 0.2) is 5.29 Å². The number of carbonyl (C=O) groups is 1. The molecular formula is C5H9ClN2O2. The molecule has 0 atom stereocenters. The van der Waals surface area contributed by atoms with Gasteiger partial charge in [-0.05, 0) is 0 Å². The van der Waals surface area contributed by atoms with Gasteiger partial charge in [0.15, 0.2) is 0 Å². The molecule has 58 valence electrons. The molecule has 5 heteroatoms. The smallest absolute Gasteiger partial charge is 0.244 e. The monoisotopic (exact) mass is 164 g/mol. The molecule has 0 aliphatic rings. The second kappa shape index (κ2) is 5.17. The van der Waals surface area contributed by atoms with Gasteiger partial charge >= 0.3 is 0 Å². The molecule has 0 fully saturated rings. The number of hydrogen-bond donors (Lipinski definition) is 0. The SMILES string of the molecule is CCC(=O)N(CCCl)N=O. The maximum atomic E-state index is 10.7. The van der Waals surface area contributed by atoms with Crippen molar-refractivity contribution in [3.63, 3.8) is 0 Å². The van der Waals surface area contributed by atoms with Crippen LogP contribution in [0.25, 0.3) is 0 Å². The fourth-order valence-electron chi connectivity index (χ4n) is 0.474. The Hall–Kier alpha value is -0.640. The van der Waals surface area contributed by atoms with Gasteiger partial charge in [0.1, 0.15) is 0 Å². The van der Waals surface area contributed by atoms with Gasteiger partial charge in [-0.2, -0.15) is 5.01 Å². The zero-order chi connectivity index (χ0) is 7.98. The average molecular weight is 165 g/mol. The summed E-state index contributed by atoms with van der Waals surface area (Å²) in [4.78, 5) is 20.6. The molecule has 10 heavy (non-hydrogen) atoms. The summed E-state index contributed by atoms with van der Waals surface area (Å²) < 4.78 is 0. The van der Waals surface area contributed by atoms with Gasteiger partial charge in [0, 0.05) is 12.3 Å². The first-order valence-electron chi connectivity index (χ1n) is 2.95. The number of nitrogens with zero attached hydrogens (tertiary/aromatic N) is 2. The minimum Gasteiger partial charge on any atom is -0.273 e. The Balaban J connectivity index is 3.80. The van der Waals surface area contributed by atoms with Crippen molar-refractivity contribution >= 4 is 17.5 Å². The van der Waals surface area contributed by atoms with Crippen LogP contribution in [0.3, 0.4) is 0 Å². The molecule has 0 aliphatic heterocycles. The van der Waals surface area contributed by atoms with Gasteiger partial charge in [0.25, 0.3) is 0 Å². The molecule has 0 radical (unpaired) electrons. The van der Waals surface area contributed by atoms with E-state index in [2.05, 4.69) is 5.29 Å². The molecule has 4 nitrogen and oxygen atoms in total. The summed E-state index contributed by atoms with van der Waals surface area (Å²) in [6.07, 6.45) is 0.280. The summed E-state index contributed by atoms with van der Waals surface area (Å²) >= 11 is 5.28. The van der Waals surface area contributed by atoms with Crippen molar-refractivity contribution in [1.82, 2.24) is 5.01 Å². The summed E-state index contributed by atoms with van der Waals surface area (Å²) in [7, 11) is 0. The largest absolute Gasteiger partial charge is 0.273 e. The highest BCUT2D eigenvalue weighted by molar-refractivity contribution is 6.18. The molecule has 0 aromatic rings. The van der Waals surface area contributed by atoms with Crippen LogP contribution in [0.4, 0.5) is 0 Å². The molecule has 0 aromatic heterocycles. The van der Waals surface area contributed by atoms with E-state index in [0.717, 1.165) is 5.01 Å². The molecular weight excluding hydrogens is 156 g/mol. The van der Waals surface area contributed by atoms with E-state index in [1.807, 2.05) is 0 Å². The van der Waals surface area contributed by atoms with Crippen molar-refractivity contribution in [2.24, 2.45) is 5.29 Å². The van der Waals surface area contributed by atoms with Crippen LogP contribution in [0, 0.1) is 4.91 Å². The first-order chi connectivity index (χ1) is 4.76. The molecule has 0 bridgehead atoms.